The van der Waals surface area contributed by atoms with Crippen molar-refractivity contribution in [3.8, 4) is 11.8 Å². The number of aromatic hydroxyl groups is 1. The fourth-order valence-electron chi connectivity index (χ4n) is 1.38. The molecule has 1 aromatic heterocycles. The van der Waals surface area contributed by atoms with Gasteiger partial charge in [-0.15, -0.1) is 0 Å². The average molecular weight is 189 g/mol. The van der Waals surface area contributed by atoms with Crippen molar-refractivity contribution in [3.05, 3.63) is 28.7 Å². The Hall–Kier alpha value is -2.22. The van der Waals surface area contributed by atoms with Gasteiger partial charge in [-0.1, -0.05) is 0 Å². The molecule has 0 fully saturated rings. The van der Waals surface area contributed by atoms with Crippen LogP contribution in [0.3, 0.4) is 0 Å². The highest BCUT2D eigenvalue weighted by Crippen LogP contribution is 2.16. The van der Waals surface area contributed by atoms with Crippen molar-refractivity contribution in [1.29, 1.82) is 5.26 Å². The molecule has 0 atom stereocenters. The molecule has 0 spiro atoms. The summed E-state index contributed by atoms with van der Waals surface area (Å²) >= 11 is 0. The molecule has 70 valence electrons. The number of phenols is 1. The van der Waals surface area contributed by atoms with Gasteiger partial charge in [0.05, 0.1) is 17.1 Å². The van der Waals surface area contributed by atoms with Gasteiger partial charge < -0.3 is 10.1 Å². The number of nitrogens with one attached hydrogen (secondary N) is 1. The topological polar surface area (TPSA) is 81.8 Å². The highest BCUT2D eigenvalue weighted by molar-refractivity contribution is 5.76. The van der Waals surface area contributed by atoms with Crippen LogP contribution in [0, 0.1) is 11.3 Å². The summed E-state index contributed by atoms with van der Waals surface area (Å²) in [6, 6.07) is 6.42. The Bertz CT molecular complexity index is 574. The first-order chi connectivity index (χ1) is 6.72. The number of H-pyrrole nitrogens is 1. The van der Waals surface area contributed by atoms with Crippen LogP contribution in [0.2, 0.25) is 0 Å². The van der Waals surface area contributed by atoms with Gasteiger partial charge in [0.1, 0.15) is 12.3 Å². The normalized spacial score (nSPS) is 10.2. The number of aromatic nitrogens is 2. The van der Waals surface area contributed by atoms with Gasteiger partial charge in [-0.25, -0.2) is 4.79 Å². The quantitative estimate of drug-likeness (QED) is 0.687. The zero-order valence-corrected chi connectivity index (χ0v) is 7.19. The van der Waals surface area contributed by atoms with Crippen LogP contribution in [0.5, 0.6) is 5.75 Å². The number of rotatable bonds is 1. The van der Waals surface area contributed by atoms with E-state index >= 15 is 0 Å². The summed E-state index contributed by atoms with van der Waals surface area (Å²) < 4.78 is 1.31. The monoisotopic (exact) mass is 189 g/mol. The van der Waals surface area contributed by atoms with Gasteiger partial charge in [-0.2, -0.15) is 5.26 Å². The van der Waals surface area contributed by atoms with E-state index in [4.69, 9.17) is 10.4 Å². The second kappa shape index (κ2) is 2.92. The number of aromatic amines is 1. The fourth-order valence-corrected chi connectivity index (χ4v) is 1.38. The molecule has 14 heavy (non-hydrogen) atoms. The second-order valence-corrected chi connectivity index (χ2v) is 2.88. The van der Waals surface area contributed by atoms with Gasteiger partial charge >= 0.3 is 5.69 Å². The van der Waals surface area contributed by atoms with Gasteiger partial charge in [0.25, 0.3) is 0 Å². The van der Waals surface area contributed by atoms with Gasteiger partial charge in [0, 0.05) is 6.07 Å². The maximum Gasteiger partial charge on any atom is 0.327 e. The number of imidazole rings is 1. The molecule has 0 aliphatic rings. The number of hydrogen-bond acceptors (Lipinski definition) is 3. The molecule has 2 rings (SSSR count). The third-order valence-corrected chi connectivity index (χ3v) is 1.99. The van der Waals surface area contributed by atoms with Gasteiger partial charge in [0.15, 0.2) is 0 Å². The first-order valence-corrected chi connectivity index (χ1v) is 4.01. The predicted molar refractivity (Wildman–Crippen MR) is 49.8 cm³/mol. The van der Waals surface area contributed by atoms with E-state index in [9.17, 15) is 4.79 Å². The van der Waals surface area contributed by atoms with Crippen molar-refractivity contribution >= 4 is 11.0 Å². The van der Waals surface area contributed by atoms with Crippen LogP contribution in [-0.2, 0) is 6.54 Å². The van der Waals surface area contributed by atoms with Crippen molar-refractivity contribution in [2.75, 3.05) is 0 Å². The first kappa shape index (κ1) is 8.38. The standard InChI is InChI=1S/C9H7N3O2/c10-3-4-12-8-2-1-6(13)5-7(8)11-9(12)14/h1-2,5,13H,4H2,(H,11,14). The molecule has 0 bridgehead atoms. The molecule has 1 heterocycles. The molecule has 1 aromatic carbocycles. The van der Waals surface area contributed by atoms with E-state index in [0.717, 1.165) is 0 Å². The van der Waals surface area contributed by atoms with E-state index in [-0.39, 0.29) is 18.0 Å². The minimum absolute atomic E-state index is 0.00358. The lowest BCUT2D eigenvalue weighted by molar-refractivity contribution is 0.476. The zero-order chi connectivity index (χ0) is 10.1. The summed E-state index contributed by atoms with van der Waals surface area (Å²) in [5, 5.41) is 17.7. The van der Waals surface area contributed by atoms with E-state index in [2.05, 4.69) is 4.98 Å². The second-order valence-electron chi connectivity index (χ2n) is 2.88. The lowest BCUT2D eigenvalue weighted by Crippen LogP contribution is -2.15. The molecule has 0 aliphatic heterocycles. The summed E-state index contributed by atoms with van der Waals surface area (Å²) in [7, 11) is 0. The highest BCUT2D eigenvalue weighted by atomic mass is 16.3. The lowest BCUT2D eigenvalue weighted by Gasteiger charge is -1.95. The molecule has 5 heteroatoms. The number of phenolic OH excluding ortho intramolecular Hbond substituents is 1. The smallest absolute Gasteiger partial charge is 0.327 e. The predicted octanol–water partition coefficient (Wildman–Crippen LogP) is 0.559. The van der Waals surface area contributed by atoms with Crippen LogP contribution in [0.4, 0.5) is 0 Å². The van der Waals surface area contributed by atoms with Crippen LogP contribution >= 0.6 is 0 Å². The molecule has 0 unspecified atom stereocenters. The Balaban J connectivity index is 2.79. The summed E-state index contributed by atoms with van der Waals surface area (Å²) in [6.45, 7) is 0.00358. The fraction of sp³-hybridized carbons (Fsp3) is 0.111. The van der Waals surface area contributed by atoms with Crippen LogP contribution in [0.15, 0.2) is 23.0 Å². The molecule has 0 saturated heterocycles. The number of hydrogen-bond donors (Lipinski definition) is 2. The number of fused-ring (bicyclic) bond motifs is 1. The van der Waals surface area contributed by atoms with Crippen molar-refractivity contribution in [1.82, 2.24) is 9.55 Å². The molecular formula is C9H7N3O2. The van der Waals surface area contributed by atoms with E-state index in [0.29, 0.717) is 11.0 Å². The van der Waals surface area contributed by atoms with Crippen LogP contribution < -0.4 is 5.69 Å². The lowest BCUT2D eigenvalue weighted by atomic mass is 10.3. The number of nitriles is 1. The number of benzene rings is 1. The Morgan fingerprint density at radius 3 is 3.07 bits per heavy atom. The van der Waals surface area contributed by atoms with Crippen LogP contribution in [-0.4, -0.2) is 14.7 Å². The molecule has 2 aromatic rings. The molecule has 2 N–H and O–H groups in total. The van der Waals surface area contributed by atoms with Crippen molar-refractivity contribution in [2.24, 2.45) is 0 Å². The molecule has 0 saturated carbocycles. The molecule has 0 radical (unpaired) electrons. The van der Waals surface area contributed by atoms with Crippen LogP contribution in [0.1, 0.15) is 0 Å². The van der Waals surface area contributed by atoms with E-state index in [1.54, 1.807) is 6.07 Å². The highest BCUT2D eigenvalue weighted by Gasteiger charge is 2.05. The molecule has 5 nitrogen and oxygen atoms in total. The summed E-state index contributed by atoms with van der Waals surface area (Å²) in [5.74, 6) is 0.0860. The van der Waals surface area contributed by atoms with E-state index < -0.39 is 0 Å². The number of nitrogens with zero attached hydrogens (tertiary/aromatic N) is 2. The molecular weight excluding hydrogens is 182 g/mol. The van der Waals surface area contributed by atoms with E-state index in [1.165, 1.54) is 16.7 Å². The minimum Gasteiger partial charge on any atom is -0.508 e. The first-order valence-electron chi connectivity index (χ1n) is 4.01. The van der Waals surface area contributed by atoms with Gasteiger partial charge in [-0.3, -0.25) is 4.57 Å². The van der Waals surface area contributed by atoms with E-state index in [1.807, 2.05) is 6.07 Å². The van der Waals surface area contributed by atoms with Crippen molar-refractivity contribution in [2.45, 2.75) is 6.54 Å². The SMILES string of the molecule is N#CCn1c(=O)[nH]c2cc(O)ccc21. The third kappa shape index (κ3) is 1.13. The third-order valence-electron chi connectivity index (χ3n) is 1.99. The Kier molecular flexibility index (Phi) is 1.75. The largest absolute Gasteiger partial charge is 0.508 e. The Morgan fingerprint density at radius 1 is 1.57 bits per heavy atom. The van der Waals surface area contributed by atoms with Crippen LogP contribution in [0.25, 0.3) is 11.0 Å². The maximum atomic E-state index is 11.3. The van der Waals surface area contributed by atoms with Crippen molar-refractivity contribution < 1.29 is 5.11 Å². The zero-order valence-electron chi connectivity index (χ0n) is 7.19. The average Bonchev–Trinajstić information content (AvgIpc) is 2.43. The Morgan fingerprint density at radius 2 is 2.36 bits per heavy atom. The minimum atomic E-state index is -0.341. The maximum absolute atomic E-state index is 11.3. The summed E-state index contributed by atoms with van der Waals surface area (Å²) in [4.78, 5) is 13.9. The Labute approximate surface area is 78.8 Å². The van der Waals surface area contributed by atoms with Gasteiger partial charge in [-0.05, 0) is 12.1 Å². The van der Waals surface area contributed by atoms with Crippen molar-refractivity contribution in [3.63, 3.8) is 0 Å². The molecule has 0 aliphatic carbocycles. The summed E-state index contributed by atoms with van der Waals surface area (Å²) in [6.07, 6.45) is 0. The van der Waals surface area contributed by atoms with Gasteiger partial charge in [0.2, 0.25) is 0 Å². The molecule has 0 amide bonds. The summed E-state index contributed by atoms with van der Waals surface area (Å²) in [5.41, 5.74) is 0.812.